The van der Waals surface area contributed by atoms with Crippen molar-refractivity contribution in [2.75, 3.05) is 27.3 Å². The Hall–Kier alpha value is -2.50. The zero-order chi connectivity index (χ0) is 19.6. The molecular weight excluding hydrogens is 344 g/mol. The highest BCUT2D eigenvalue weighted by Gasteiger charge is 2.23. The molecule has 6 nitrogen and oxygen atoms in total. The fraction of sp³-hybridized carbons (Fsp3) is 0.524. The molecule has 0 atom stereocenters. The minimum Gasteiger partial charge on any atom is -0.493 e. The van der Waals surface area contributed by atoms with Gasteiger partial charge in [0.15, 0.2) is 11.5 Å². The number of nitrogens with zero attached hydrogens (tertiary/aromatic N) is 2. The van der Waals surface area contributed by atoms with Gasteiger partial charge in [-0.3, -0.25) is 9.59 Å². The molecule has 146 valence electrons. The van der Waals surface area contributed by atoms with E-state index >= 15 is 0 Å². The zero-order valence-corrected chi connectivity index (χ0v) is 16.6. The van der Waals surface area contributed by atoms with Gasteiger partial charge in [-0.1, -0.05) is 12.8 Å². The first-order chi connectivity index (χ1) is 13.0. The summed E-state index contributed by atoms with van der Waals surface area (Å²) in [6, 6.07) is 3.37. The standard InChI is InChI=1S/C21H28N2O4/c1-14(2)23-13-17(20(24)22-9-7-5-6-8-10-22)15-11-18(26-3)19(27-4)12-16(15)21(23)25/h11-14H,5-10H2,1-4H3. The van der Waals surface area contributed by atoms with Gasteiger partial charge in [0.25, 0.3) is 11.5 Å². The third-order valence-electron chi connectivity index (χ3n) is 5.23. The number of amides is 1. The van der Waals surface area contributed by atoms with Crippen LogP contribution in [0, 0.1) is 0 Å². The fourth-order valence-electron chi connectivity index (χ4n) is 3.68. The molecule has 1 amide bonds. The number of carbonyl (C=O) groups is 1. The van der Waals surface area contributed by atoms with Crippen molar-refractivity contribution in [3.63, 3.8) is 0 Å². The highest BCUT2D eigenvalue weighted by molar-refractivity contribution is 6.07. The van der Waals surface area contributed by atoms with Gasteiger partial charge in [0.2, 0.25) is 0 Å². The van der Waals surface area contributed by atoms with Gasteiger partial charge in [0.05, 0.1) is 25.2 Å². The summed E-state index contributed by atoms with van der Waals surface area (Å²) in [7, 11) is 3.09. The number of carbonyl (C=O) groups excluding carboxylic acids is 1. The Kier molecular flexibility index (Phi) is 5.73. The van der Waals surface area contributed by atoms with Crippen molar-refractivity contribution >= 4 is 16.7 Å². The van der Waals surface area contributed by atoms with E-state index in [0.29, 0.717) is 27.8 Å². The largest absolute Gasteiger partial charge is 0.493 e. The van der Waals surface area contributed by atoms with Gasteiger partial charge in [0.1, 0.15) is 0 Å². The molecule has 2 heterocycles. The highest BCUT2D eigenvalue weighted by atomic mass is 16.5. The third-order valence-corrected chi connectivity index (χ3v) is 5.23. The Morgan fingerprint density at radius 2 is 1.52 bits per heavy atom. The maximum atomic E-state index is 13.3. The lowest BCUT2D eigenvalue weighted by Gasteiger charge is -2.23. The van der Waals surface area contributed by atoms with Crippen LogP contribution in [0.4, 0.5) is 0 Å². The highest BCUT2D eigenvalue weighted by Crippen LogP contribution is 2.33. The summed E-state index contributed by atoms with van der Waals surface area (Å²) >= 11 is 0. The number of aromatic nitrogens is 1. The molecule has 1 saturated heterocycles. The molecule has 6 heteroatoms. The quantitative estimate of drug-likeness (QED) is 0.822. The van der Waals surface area contributed by atoms with Gasteiger partial charge in [-0.2, -0.15) is 0 Å². The van der Waals surface area contributed by atoms with Crippen molar-refractivity contribution in [2.45, 2.75) is 45.6 Å². The molecule has 0 radical (unpaired) electrons. The Bertz CT molecular complexity index is 893. The van der Waals surface area contributed by atoms with E-state index in [4.69, 9.17) is 9.47 Å². The Morgan fingerprint density at radius 1 is 0.963 bits per heavy atom. The number of likely N-dealkylation sites (tertiary alicyclic amines) is 1. The number of ether oxygens (including phenoxy) is 2. The molecule has 2 aromatic rings. The molecule has 3 rings (SSSR count). The van der Waals surface area contributed by atoms with Gasteiger partial charge in [-0.15, -0.1) is 0 Å². The first-order valence-corrected chi connectivity index (χ1v) is 9.58. The number of benzene rings is 1. The van der Waals surface area contributed by atoms with Crippen LogP contribution in [0.5, 0.6) is 11.5 Å². The van der Waals surface area contributed by atoms with E-state index < -0.39 is 0 Å². The smallest absolute Gasteiger partial charge is 0.258 e. The van der Waals surface area contributed by atoms with Gasteiger partial charge < -0.3 is 18.9 Å². The average Bonchev–Trinajstić information content (AvgIpc) is 2.96. The number of methoxy groups -OCH3 is 2. The van der Waals surface area contributed by atoms with E-state index in [2.05, 4.69) is 0 Å². The van der Waals surface area contributed by atoms with Crippen molar-refractivity contribution < 1.29 is 14.3 Å². The van der Waals surface area contributed by atoms with Crippen molar-refractivity contribution in [3.8, 4) is 11.5 Å². The lowest BCUT2D eigenvalue weighted by atomic mass is 10.0. The van der Waals surface area contributed by atoms with Crippen LogP contribution in [-0.4, -0.2) is 42.7 Å². The lowest BCUT2D eigenvalue weighted by Crippen LogP contribution is -2.33. The number of hydrogen-bond acceptors (Lipinski definition) is 4. The topological polar surface area (TPSA) is 60.8 Å². The molecule has 1 aliphatic heterocycles. The monoisotopic (exact) mass is 372 g/mol. The van der Waals surface area contributed by atoms with Crippen LogP contribution in [0.2, 0.25) is 0 Å². The van der Waals surface area contributed by atoms with Crippen LogP contribution < -0.4 is 15.0 Å². The van der Waals surface area contributed by atoms with Gasteiger partial charge in [0, 0.05) is 30.7 Å². The first kappa shape index (κ1) is 19.3. The molecule has 0 saturated carbocycles. The van der Waals surface area contributed by atoms with Crippen molar-refractivity contribution in [3.05, 3.63) is 34.2 Å². The molecule has 0 N–H and O–H groups in total. The van der Waals surface area contributed by atoms with Crippen molar-refractivity contribution in [1.29, 1.82) is 0 Å². The number of pyridine rings is 1. The predicted octanol–water partition coefficient (Wildman–Crippen LogP) is 3.62. The molecule has 1 fully saturated rings. The molecule has 0 bridgehead atoms. The number of fused-ring (bicyclic) bond motifs is 1. The van der Waals surface area contributed by atoms with E-state index in [1.54, 1.807) is 30.0 Å². The molecule has 0 aliphatic carbocycles. The molecule has 0 unspecified atom stereocenters. The molecule has 27 heavy (non-hydrogen) atoms. The Labute approximate surface area is 159 Å². The van der Waals surface area contributed by atoms with E-state index in [-0.39, 0.29) is 17.5 Å². The molecule has 1 aliphatic rings. The van der Waals surface area contributed by atoms with Gasteiger partial charge in [-0.05, 0) is 38.8 Å². The molecule has 0 spiro atoms. The summed E-state index contributed by atoms with van der Waals surface area (Å²) < 4.78 is 12.4. The van der Waals surface area contributed by atoms with Crippen LogP contribution in [-0.2, 0) is 0 Å². The maximum absolute atomic E-state index is 13.3. The predicted molar refractivity (Wildman–Crippen MR) is 106 cm³/mol. The van der Waals surface area contributed by atoms with E-state index in [1.807, 2.05) is 18.7 Å². The minimum absolute atomic E-state index is 0.0245. The van der Waals surface area contributed by atoms with E-state index in [9.17, 15) is 9.59 Å². The summed E-state index contributed by atoms with van der Waals surface area (Å²) in [6.07, 6.45) is 6.05. The van der Waals surface area contributed by atoms with Crippen molar-refractivity contribution in [1.82, 2.24) is 9.47 Å². The van der Waals surface area contributed by atoms with Crippen LogP contribution in [0.1, 0.15) is 55.9 Å². The third kappa shape index (κ3) is 3.66. The summed E-state index contributed by atoms with van der Waals surface area (Å²) in [5.74, 6) is 0.969. The van der Waals surface area contributed by atoms with E-state index in [0.717, 1.165) is 38.8 Å². The van der Waals surface area contributed by atoms with Gasteiger partial charge in [-0.25, -0.2) is 0 Å². The second-order valence-corrected chi connectivity index (χ2v) is 7.31. The van der Waals surface area contributed by atoms with Crippen molar-refractivity contribution in [2.24, 2.45) is 0 Å². The number of rotatable bonds is 4. The van der Waals surface area contributed by atoms with Crippen LogP contribution in [0.3, 0.4) is 0 Å². The minimum atomic E-state index is -0.131. The van der Waals surface area contributed by atoms with E-state index in [1.165, 1.54) is 7.11 Å². The van der Waals surface area contributed by atoms with Crippen LogP contribution in [0.15, 0.2) is 23.1 Å². The maximum Gasteiger partial charge on any atom is 0.258 e. The second-order valence-electron chi connectivity index (χ2n) is 7.31. The summed E-state index contributed by atoms with van der Waals surface area (Å²) in [5.41, 5.74) is 0.412. The molecule has 1 aromatic heterocycles. The Morgan fingerprint density at radius 3 is 2.04 bits per heavy atom. The van der Waals surface area contributed by atoms with Gasteiger partial charge >= 0.3 is 0 Å². The molecular formula is C21H28N2O4. The average molecular weight is 372 g/mol. The first-order valence-electron chi connectivity index (χ1n) is 9.58. The molecule has 1 aromatic carbocycles. The zero-order valence-electron chi connectivity index (χ0n) is 16.6. The second kappa shape index (κ2) is 8.03. The summed E-state index contributed by atoms with van der Waals surface area (Å²) in [5, 5.41) is 1.09. The Balaban J connectivity index is 2.24. The normalized spacial score (nSPS) is 15.1. The fourth-order valence-corrected chi connectivity index (χ4v) is 3.68. The lowest BCUT2D eigenvalue weighted by molar-refractivity contribution is 0.0762. The summed E-state index contributed by atoms with van der Waals surface area (Å²) in [6.45, 7) is 5.39. The number of hydrogen-bond donors (Lipinski definition) is 0. The van der Waals surface area contributed by atoms with Crippen LogP contribution in [0.25, 0.3) is 10.8 Å². The van der Waals surface area contributed by atoms with Crippen LogP contribution >= 0.6 is 0 Å². The summed E-state index contributed by atoms with van der Waals surface area (Å²) in [4.78, 5) is 28.2. The SMILES string of the molecule is COc1cc2c(C(=O)N3CCCCCC3)cn(C(C)C)c(=O)c2cc1OC.